The molecule has 0 aromatic rings. The Morgan fingerprint density at radius 1 is 1.17 bits per heavy atom. The number of aliphatic hydroxyl groups is 4. The van der Waals surface area contributed by atoms with Gasteiger partial charge in [0, 0.05) is 11.8 Å². The van der Waals surface area contributed by atoms with E-state index in [9.17, 15) is 20.1 Å². The highest BCUT2D eigenvalue weighted by molar-refractivity contribution is 5.98. The molecule has 0 spiro atoms. The van der Waals surface area contributed by atoms with Gasteiger partial charge in [-0.05, 0) is 52.0 Å². The van der Waals surface area contributed by atoms with Crippen LogP contribution in [0.25, 0.3) is 0 Å². The van der Waals surface area contributed by atoms with Gasteiger partial charge in [0.1, 0.15) is 11.9 Å². The second-order valence-electron chi connectivity index (χ2n) is 8.00. The van der Waals surface area contributed by atoms with Crippen LogP contribution in [0, 0.1) is 11.8 Å². The number of allylic oxidation sites excluding steroid dienone is 4. The average molecular weight is 409 g/mol. The van der Waals surface area contributed by atoms with E-state index in [1.54, 1.807) is 19.9 Å². The van der Waals surface area contributed by atoms with Crippen LogP contribution in [0.15, 0.2) is 46.5 Å². The minimum atomic E-state index is -1.18. The van der Waals surface area contributed by atoms with Crippen molar-refractivity contribution in [2.24, 2.45) is 11.8 Å². The molecule has 4 atom stereocenters. The highest BCUT2D eigenvalue weighted by Gasteiger charge is 2.41. The molecular formula is C23H36O6. The minimum absolute atomic E-state index is 0.0515. The topological polar surface area (TPSA) is 107 Å². The summed E-state index contributed by atoms with van der Waals surface area (Å²) in [5, 5.41) is 39.4. The highest BCUT2D eigenvalue weighted by Crippen LogP contribution is 2.34. The number of rotatable bonds is 10. The number of Topliss-reactive ketones (excluding diaryl/α,β-unsaturated/α-hetero) is 1. The van der Waals surface area contributed by atoms with E-state index >= 15 is 0 Å². The summed E-state index contributed by atoms with van der Waals surface area (Å²) in [5.41, 5.74) is 2.97. The molecule has 0 saturated carbocycles. The van der Waals surface area contributed by atoms with Crippen molar-refractivity contribution in [3.8, 4) is 0 Å². The first-order valence-electron chi connectivity index (χ1n) is 10.1. The van der Waals surface area contributed by atoms with Gasteiger partial charge in [0.25, 0.3) is 0 Å². The molecule has 0 unspecified atom stereocenters. The van der Waals surface area contributed by atoms with Crippen molar-refractivity contribution in [2.45, 2.75) is 65.6 Å². The lowest BCUT2D eigenvalue weighted by Gasteiger charge is -2.32. The monoisotopic (exact) mass is 408 g/mol. The molecule has 6 heteroatoms. The molecule has 0 bridgehead atoms. The van der Waals surface area contributed by atoms with Gasteiger partial charge in [-0.3, -0.25) is 4.79 Å². The van der Waals surface area contributed by atoms with E-state index in [4.69, 9.17) is 9.84 Å². The minimum Gasteiger partial charge on any atom is -0.508 e. The maximum atomic E-state index is 12.1. The molecular weight excluding hydrogens is 372 g/mol. The quantitative estimate of drug-likeness (QED) is 0.413. The Hall–Kier alpha value is -1.89. The van der Waals surface area contributed by atoms with Gasteiger partial charge in [-0.2, -0.15) is 0 Å². The van der Waals surface area contributed by atoms with Crippen LogP contribution >= 0.6 is 0 Å². The number of aliphatic hydroxyl groups excluding tert-OH is 4. The van der Waals surface area contributed by atoms with Crippen LogP contribution in [-0.4, -0.2) is 52.1 Å². The lowest BCUT2D eigenvalue weighted by molar-refractivity contribution is -0.132. The molecule has 0 aliphatic heterocycles. The molecule has 0 radical (unpaired) electrons. The van der Waals surface area contributed by atoms with Crippen molar-refractivity contribution in [1.29, 1.82) is 0 Å². The van der Waals surface area contributed by atoms with Crippen molar-refractivity contribution in [1.82, 2.24) is 0 Å². The third kappa shape index (κ3) is 7.46. The Bertz CT molecular complexity index is 685. The summed E-state index contributed by atoms with van der Waals surface area (Å²) in [6, 6.07) is 0. The molecule has 4 N–H and O–H groups in total. The van der Waals surface area contributed by atoms with E-state index < -0.39 is 18.0 Å². The van der Waals surface area contributed by atoms with Gasteiger partial charge in [0.05, 0.1) is 19.8 Å². The van der Waals surface area contributed by atoms with Crippen molar-refractivity contribution < 1.29 is 30.0 Å². The Morgan fingerprint density at radius 3 is 2.41 bits per heavy atom. The van der Waals surface area contributed by atoms with Crippen LogP contribution in [0.5, 0.6) is 0 Å². The molecule has 0 fully saturated rings. The molecule has 1 aliphatic rings. The number of methoxy groups -OCH3 is 1. The summed E-state index contributed by atoms with van der Waals surface area (Å²) in [7, 11) is 1.31. The standard InChI is InChI=1S/C23H36O6/c1-14(7-6-8-15(2)11-18(25)12-16(3)13-24)9-10-19-17(4)20(26)23(29-5)22(28)21(19)27/h8-9,12,17-19,21,24-27H,6-7,10-11,13H2,1-5H3/b14-9+,15-8+,16-12+/t17-,18+,19-,21-/m1/s1. The van der Waals surface area contributed by atoms with Gasteiger partial charge >= 0.3 is 0 Å². The lowest BCUT2D eigenvalue weighted by Crippen LogP contribution is -2.40. The number of ether oxygens (including phenoxy) is 1. The number of carbonyl (C=O) groups is 1. The molecule has 164 valence electrons. The SMILES string of the molecule is COC1=C(O)[C@H](C)[C@@H](C/C=C(\C)CC/C=C(\C)C[C@H](O)/C=C(\C)CO)[C@@H](O)C1=O. The van der Waals surface area contributed by atoms with E-state index in [-0.39, 0.29) is 30.0 Å². The van der Waals surface area contributed by atoms with Gasteiger partial charge in [0.15, 0.2) is 0 Å². The van der Waals surface area contributed by atoms with Gasteiger partial charge < -0.3 is 25.2 Å². The second-order valence-corrected chi connectivity index (χ2v) is 8.00. The van der Waals surface area contributed by atoms with Crippen LogP contribution in [-0.2, 0) is 9.53 Å². The van der Waals surface area contributed by atoms with Gasteiger partial charge in [0.2, 0.25) is 11.5 Å². The Balaban J connectivity index is 2.60. The second kappa shape index (κ2) is 12.0. The molecule has 0 amide bonds. The zero-order valence-corrected chi connectivity index (χ0v) is 18.2. The molecule has 1 rings (SSSR count). The zero-order chi connectivity index (χ0) is 22.1. The summed E-state index contributed by atoms with van der Waals surface area (Å²) in [4.78, 5) is 12.1. The fourth-order valence-corrected chi connectivity index (χ4v) is 3.51. The summed E-state index contributed by atoms with van der Waals surface area (Å²) in [6.07, 6.45) is 6.66. The third-order valence-electron chi connectivity index (χ3n) is 5.44. The summed E-state index contributed by atoms with van der Waals surface area (Å²) in [6.45, 7) is 7.48. The Kier molecular flexibility index (Phi) is 10.4. The molecule has 6 nitrogen and oxygen atoms in total. The largest absolute Gasteiger partial charge is 0.508 e. The first-order valence-corrected chi connectivity index (χ1v) is 10.1. The van der Waals surface area contributed by atoms with Gasteiger partial charge in [-0.25, -0.2) is 0 Å². The maximum absolute atomic E-state index is 12.1. The number of hydrogen-bond acceptors (Lipinski definition) is 6. The third-order valence-corrected chi connectivity index (χ3v) is 5.44. The normalized spacial score (nSPS) is 25.4. The van der Waals surface area contributed by atoms with Crippen molar-refractivity contribution in [3.63, 3.8) is 0 Å². The van der Waals surface area contributed by atoms with Crippen LogP contribution in [0.3, 0.4) is 0 Å². The van der Waals surface area contributed by atoms with Crippen LogP contribution < -0.4 is 0 Å². The van der Waals surface area contributed by atoms with E-state index in [0.717, 1.165) is 29.6 Å². The predicted octanol–water partition coefficient (Wildman–Crippen LogP) is 3.35. The summed E-state index contributed by atoms with van der Waals surface area (Å²) in [5.74, 6) is -1.55. The van der Waals surface area contributed by atoms with Crippen molar-refractivity contribution >= 4 is 5.78 Å². The van der Waals surface area contributed by atoms with E-state index in [1.807, 2.05) is 19.9 Å². The van der Waals surface area contributed by atoms with Crippen molar-refractivity contribution in [3.05, 3.63) is 46.5 Å². The smallest absolute Gasteiger partial charge is 0.229 e. The van der Waals surface area contributed by atoms with E-state index in [1.165, 1.54) is 7.11 Å². The lowest BCUT2D eigenvalue weighted by atomic mass is 9.77. The number of ketones is 1. The van der Waals surface area contributed by atoms with Crippen LogP contribution in [0.4, 0.5) is 0 Å². The first-order chi connectivity index (χ1) is 13.6. The molecule has 0 aromatic carbocycles. The first kappa shape index (κ1) is 25.1. The number of hydrogen-bond donors (Lipinski definition) is 4. The molecule has 0 saturated heterocycles. The Labute approximate surface area is 173 Å². The predicted molar refractivity (Wildman–Crippen MR) is 113 cm³/mol. The maximum Gasteiger partial charge on any atom is 0.229 e. The van der Waals surface area contributed by atoms with Crippen LogP contribution in [0.1, 0.15) is 53.4 Å². The molecule has 1 aliphatic carbocycles. The van der Waals surface area contributed by atoms with E-state index in [2.05, 4.69) is 6.08 Å². The molecule has 0 aromatic heterocycles. The molecule has 0 heterocycles. The van der Waals surface area contributed by atoms with Crippen molar-refractivity contribution in [2.75, 3.05) is 13.7 Å². The van der Waals surface area contributed by atoms with Gasteiger partial charge in [-0.15, -0.1) is 0 Å². The summed E-state index contributed by atoms with van der Waals surface area (Å²) >= 11 is 0. The number of carbonyl (C=O) groups excluding carboxylic acids is 1. The van der Waals surface area contributed by atoms with Crippen LogP contribution in [0.2, 0.25) is 0 Å². The fraction of sp³-hybridized carbons (Fsp3) is 0.609. The summed E-state index contributed by atoms with van der Waals surface area (Å²) < 4.78 is 4.93. The zero-order valence-electron chi connectivity index (χ0n) is 18.2. The fourth-order valence-electron chi connectivity index (χ4n) is 3.51. The molecule has 29 heavy (non-hydrogen) atoms. The highest BCUT2D eigenvalue weighted by atomic mass is 16.5. The van der Waals surface area contributed by atoms with Gasteiger partial charge in [-0.1, -0.05) is 36.3 Å². The average Bonchev–Trinajstić information content (AvgIpc) is 2.66. The Morgan fingerprint density at radius 2 is 1.83 bits per heavy atom. The van der Waals surface area contributed by atoms with E-state index in [0.29, 0.717) is 12.8 Å².